The second-order valence-electron chi connectivity index (χ2n) is 6.19. The number of carbonyl (C=O) groups is 2. The molecule has 3 aromatic rings. The van der Waals surface area contributed by atoms with Gasteiger partial charge in [-0.15, -0.1) is 0 Å². The molecule has 0 saturated carbocycles. The quantitative estimate of drug-likeness (QED) is 0.763. The molecule has 0 bridgehead atoms. The Morgan fingerprint density at radius 3 is 2.85 bits per heavy atom. The topological polar surface area (TPSA) is 67.4 Å². The fourth-order valence-electron chi connectivity index (χ4n) is 3.14. The van der Waals surface area contributed by atoms with Crippen molar-refractivity contribution in [3.05, 3.63) is 71.8 Å². The third-order valence-corrected chi connectivity index (χ3v) is 4.44. The highest BCUT2D eigenvalue weighted by atomic mass is 16.5. The molecular formula is C21H18N2O3. The zero-order valence-corrected chi connectivity index (χ0v) is 14.1. The van der Waals surface area contributed by atoms with Crippen LogP contribution in [-0.4, -0.2) is 25.0 Å². The maximum Gasteiger partial charge on any atom is 0.262 e. The second kappa shape index (κ2) is 6.88. The zero-order valence-electron chi connectivity index (χ0n) is 14.1. The summed E-state index contributed by atoms with van der Waals surface area (Å²) in [6.45, 7) is 0.515. The Morgan fingerprint density at radius 2 is 1.92 bits per heavy atom. The first-order chi connectivity index (χ1) is 12.7. The predicted molar refractivity (Wildman–Crippen MR) is 101 cm³/mol. The van der Waals surface area contributed by atoms with Crippen molar-refractivity contribution in [3.8, 4) is 5.75 Å². The van der Waals surface area contributed by atoms with Crippen molar-refractivity contribution in [1.82, 2.24) is 5.32 Å². The van der Waals surface area contributed by atoms with E-state index in [1.54, 1.807) is 18.2 Å². The van der Waals surface area contributed by atoms with Crippen molar-refractivity contribution in [2.45, 2.75) is 6.42 Å². The Morgan fingerprint density at radius 1 is 1.08 bits per heavy atom. The van der Waals surface area contributed by atoms with Gasteiger partial charge in [-0.1, -0.05) is 42.5 Å². The number of nitrogens with one attached hydrogen (secondary N) is 2. The number of rotatable bonds is 4. The molecule has 0 unspecified atom stereocenters. The first kappa shape index (κ1) is 16.1. The van der Waals surface area contributed by atoms with Crippen molar-refractivity contribution >= 4 is 28.3 Å². The van der Waals surface area contributed by atoms with Gasteiger partial charge in [-0.3, -0.25) is 9.59 Å². The Balaban J connectivity index is 1.42. The summed E-state index contributed by atoms with van der Waals surface area (Å²) in [6, 6.07) is 19.5. The first-order valence-corrected chi connectivity index (χ1v) is 8.52. The number of hydrogen-bond donors (Lipinski definition) is 2. The zero-order chi connectivity index (χ0) is 17.9. The summed E-state index contributed by atoms with van der Waals surface area (Å²) in [6.07, 6.45) is 0.755. The van der Waals surface area contributed by atoms with E-state index in [0.29, 0.717) is 23.5 Å². The van der Waals surface area contributed by atoms with E-state index >= 15 is 0 Å². The number of ether oxygens (including phenoxy) is 1. The molecule has 26 heavy (non-hydrogen) atoms. The van der Waals surface area contributed by atoms with E-state index in [4.69, 9.17) is 4.74 Å². The molecule has 0 aromatic heterocycles. The van der Waals surface area contributed by atoms with Crippen molar-refractivity contribution in [3.63, 3.8) is 0 Å². The summed E-state index contributed by atoms with van der Waals surface area (Å²) in [5.74, 6) is 0.171. The molecule has 5 nitrogen and oxygen atoms in total. The van der Waals surface area contributed by atoms with Gasteiger partial charge in [0.2, 0.25) is 0 Å². The van der Waals surface area contributed by atoms with Crippen LogP contribution in [0.25, 0.3) is 10.8 Å². The van der Waals surface area contributed by atoms with E-state index in [1.807, 2.05) is 18.2 Å². The highest BCUT2D eigenvalue weighted by Gasteiger charge is 2.17. The average Bonchev–Trinajstić information content (AvgIpc) is 2.67. The van der Waals surface area contributed by atoms with Gasteiger partial charge in [-0.2, -0.15) is 0 Å². The maximum atomic E-state index is 12.4. The molecule has 2 amide bonds. The van der Waals surface area contributed by atoms with Gasteiger partial charge in [-0.05, 0) is 41.0 Å². The molecule has 130 valence electrons. The summed E-state index contributed by atoms with van der Waals surface area (Å²) >= 11 is 0. The van der Waals surface area contributed by atoms with E-state index in [1.165, 1.54) is 16.3 Å². The minimum atomic E-state index is -0.190. The number of fused-ring (bicyclic) bond motifs is 2. The summed E-state index contributed by atoms with van der Waals surface area (Å²) in [7, 11) is 0. The second-order valence-corrected chi connectivity index (χ2v) is 6.19. The highest BCUT2D eigenvalue weighted by molar-refractivity contribution is 5.99. The van der Waals surface area contributed by atoms with Crippen LogP contribution in [0.5, 0.6) is 5.75 Å². The SMILES string of the molecule is O=C1COc2cc(C(=O)NCCc3cccc4ccccc34)ccc2N1. The van der Waals surface area contributed by atoms with Gasteiger partial charge >= 0.3 is 0 Å². The standard InChI is InChI=1S/C21H18N2O3/c24-20-13-26-19-12-16(8-9-18(19)23-20)21(25)22-11-10-15-6-3-5-14-4-1-2-7-17(14)15/h1-9,12H,10-11,13H2,(H,22,25)(H,23,24). The van der Waals surface area contributed by atoms with Crippen LogP contribution in [0.3, 0.4) is 0 Å². The third-order valence-electron chi connectivity index (χ3n) is 4.44. The fourth-order valence-corrected chi connectivity index (χ4v) is 3.14. The molecule has 0 saturated heterocycles. The predicted octanol–water partition coefficient (Wildman–Crippen LogP) is 3.14. The number of amides is 2. The molecule has 5 heteroatoms. The lowest BCUT2D eigenvalue weighted by Gasteiger charge is -2.18. The normalized spacial score (nSPS) is 12.8. The molecule has 0 aliphatic carbocycles. The van der Waals surface area contributed by atoms with Crippen LogP contribution in [0.2, 0.25) is 0 Å². The van der Waals surface area contributed by atoms with Crippen LogP contribution >= 0.6 is 0 Å². The van der Waals surface area contributed by atoms with Crippen molar-refractivity contribution in [1.29, 1.82) is 0 Å². The number of hydrogen-bond acceptors (Lipinski definition) is 3. The van der Waals surface area contributed by atoms with Crippen molar-refractivity contribution in [2.75, 3.05) is 18.5 Å². The van der Waals surface area contributed by atoms with E-state index in [-0.39, 0.29) is 18.4 Å². The largest absolute Gasteiger partial charge is 0.482 e. The van der Waals surface area contributed by atoms with Gasteiger partial charge in [-0.25, -0.2) is 0 Å². The van der Waals surface area contributed by atoms with Gasteiger partial charge in [0, 0.05) is 12.1 Å². The molecule has 1 heterocycles. The molecule has 2 N–H and O–H groups in total. The lowest BCUT2D eigenvalue weighted by molar-refractivity contribution is -0.118. The summed E-state index contributed by atoms with van der Waals surface area (Å²) in [5.41, 5.74) is 2.31. The molecular weight excluding hydrogens is 328 g/mol. The van der Waals surface area contributed by atoms with Crippen molar-refractivity contribution < 1.29 is 14.3 Å². The van der Waals surface area contributed by atoms with Crippen molar-refractivity contribution in [2.24, 2.45) is 0 Å². The van der Waals surface area contributed by atoms with Crippen LogP contribution in [0.4, 0.5) is 5.69 Å². The number of benzene rings is 3. The maximum absolute atomic E-state index is 12.4. The Hall–Kier alpha value is -3.34. The monoisotopic (exact) mass is 346 g/mol. The average molecular weight is 346 g/mol. The smallest absolute Gasteiger partial charge is 0.262 e. The first-order valence-electron chi connectivity index (χ1n) is 8.52. The number of anilines is 1. The Labute approximate surface area is 151 Å². The minimum Gasteiger partial charge on any atom is -0.482 e. The van der Waals surface area contributed by atoms with Gasteiger partial charge in [0.05, 0.1) is 5.69 Å². The van der Waals surface area contributed by atoms with E-state index in [0.717, 1.165) is 6.42 Å². The molecule has 3 aromatic carbocycles. The van der Waals surface area contributed by atoms with Crippen LogP contribution in [0.1, 0.15) is 15.9 Å². The van der Waals surface area contributed by atoms with Crippen LogP contribution in [-0.2, 0) is 11.2 Å². The third kappa shape index (κ3) is 3.24. The van der Waals surface area contributed by atoms with Crippen LogP contribution in [0, 0.1) is 0 Å². The molecule has 0 fully saturated rings. The Bertz CT molecular complexity index is 992. The highest BCUT2D eigenvalue weighted by Crippen LogP contribution is 2.28. The lowest BCUT2D eigenvalue weighted by atomic mass is 10.0. The van der Waals surface area contributed by atoms with E-state index < -0.39 is 0 Å². The van der Waals surface area contributed by atoms with E-state index in [9.17, 15) is 9.59 Å². The van der Waals surface area contributed by atoms with Gasteiger partial charge in [0.1, 0.15) is 5.75 Å². The van der Waals surface area contributed by atoms with E-state index in [2.05, 4.69) is 34.9 Å². The fraction of sp³-hybridized carbons (Fsp3) is 0.143. The Kier molecular flexibility index (Phi) is 4.27. The van der Waals surface area contributed by atoms with Crippen LogP contribution < -0.4 is 15.4 Å². The molecule has 4 rings (SSSR count). The van der Waals surface area contributed by atoms with Gasteiger partial charge in [0.15, 0.2) is 6.61 Å². The minimum absolute atomic E-state index is 0.0286. The molecule has 0 radical (unpaired) electrons. The molecule has 0 spiro atoms. The summed E-state index contributed by atoms with van der Waals surface area (Å²) in [5, 5.41) is 8.07. The summed E-state index contributed by atoms with van der Waals surface area (Å²) in [4.78, 5) is 23.7. The molecule has 1 aliphatic heterocycles. The lowest BCUT2D eigenvalue weighted by Crippen LogP contribution is -2.27. The van der Waals surface area contributed by atoms with Crippen LogP contribution in [0.15, 0.2) is 60.7 Å². The molecule has 0 atom stereocenters. The molecule has 1 aliphatic rings. The number of carbonyl (C=O) groups excluding carboxylic acids is 2. The van der Waals surface area contributed by atoms with Gasteiger partial charge in [0.25, 0.3) is 11.8 Å². The van der Waals surface area contributed by atoms with Gasteiger partial charge < -0.3 is 15.4 Å². The summed E-state index contributed by atoms with van der Waals surface area (Å²) < 4.78 is 5.36.